The fourth-order valence-electron chi connectivity index (χ4n) is 1.66. The van der Waals surface area contributed by atoms with Crippen LogP contribution in [0.5, 0.6) is 0 Å². The minimum absolute atomic E-state index is 0.171. The summed E-state index contributed by atoms with van der Waals surface area (Å²) in [7, 11) is 0. The highest BCUT2D eigenvalue weighted by atomic mass is 16.5. The molecule has 0 atom stereocenters. The van der Waals surface area contributed by atoms with E-state index in [-0.39, 0.29) is 6.03 Å². The second-order valence-electron chi connectivity index (χ2n) is 3.77. The molecule has 2 aliphatic rings. The van der Waals surface area contributed by atoms with Gasteiger partial charge in [-0.05, 0) is 0 Å². The van der Waals surface area contributed by atoms with Crippen molar-refractivity contribution in [3.05, 3.63) is 0 Å². The molecule has 0 spiro atoms. The maximum atomic E-state index is 11.7. The molecule has 2 rings (SSSR count). The van der Waals surface area contributed by atoms with Gasteiger partial charge in [-0.15, -0.1) is 0 Å². The van der Waals surface area contributed by atoms with Gasteiger partial charge in [0.1, 0.15) is 0 Å². The molecule has 0 aromatic rings. The van der Waals surface area contributed by atoms with Crippen molar-refractivity contribution in [2.24, 2.45) is 4.99 Å². The molecule has 16 heavy (non-hydrogen) atoms. The topological polar surface area (TPSA) is 54.4 Å². The predicted octanol–water partition coefficient (Wildman–Crippen LogP) is -0.201. The lowest BCUT2D eigenvalue weighted by molar-refractivity contribution is 0.0551. The van der Waals surface area contributed by atoms with Crippen LogP contribution in [0.1, 0.15) is 0 Å². The Hall–Kier alpha value is -1.14. The number of nitrogens with zero attached hydrogens (tertiary/aromatic N) is 3. The zero-order valence-corrected chi connectivity index (χ0v) is 9.30. The summed E-state index contributed by atoms with van der Waals surface area (Å²) < 4.78 is 10.4. The third-order valence-electron chi connectivity index (χ3n) is 2.66. The van der Waals surface area contributed by atoms with Crippen LogP contribution in [0, 0.1) is 0 Å². The first kappa shape index (κ1) is 11.3. The van der Waals surface area contributed by atoms with E-state index in [0.717, 1.165) is 13.1 Å². The Morgan fingerprint density at radius 1 is 1.00 bits per heavy atom. The van der Waals surface area contributed by atoms with Crippen molar-refractivity contribution >= 4 is 12.4 Å². The molecule has 2 aliphatic heterocycles. The van der Waals surface area contributed by atoms with E-state index in [1.54, 1.807) is 11.2 Å². The lowest BCUT2D eigenvalue weighted by Gasteiger charge is -2.26. The van der Waals surface area contributed by atoms with Crippen molar-refractivity contribution in [1.82, 2.24) is 9.80 Å². The molecule has 6 nitrogen and oxygen atoms in total. The number of carbonyl (C=O) groups excluding carboxylic acids is 1. The van der Waals surface area contributed by atoms with Crippen molar-refractivity contribution in [1.29, 1.82) is 0 Å². The van der Waals surface area contributed by atoms with Crippen molar-refractivity contribution in [3.8, 4) is 0 Å². The van der Waals surface area contributed by atoms with Crippen LogP contribution >= 0.6 is 0 Å². The molecule has 2 fully saturated rings. The van der Waals surface area contributed by atoms with Crippen molar-refractivity contribution in [2.75, 3.05) is 52.6 Å². The second kappa shape index (κ2) is 5.81. The smallest absolute Gasteiger partial charge is 0.345 e. The van der Waals surface area contributed by atoms with Crippen LogP contribution in [-0.4, -0.2) is 74.8 Å². The number of carbonyl (C=O) groups is 1. The molecule has 0 N–H and O–H groups in total. The molecule has 6 heteroatoms. The maximum absolute atomic E-state index is 11.7. The van der Waals surface area contributed by atoms with Crippen LogP contribution < -0.4 is 0 Å². The molecule has 0 aromatic heterocycles. The molecule has 90 valence electrons. The Bertz CT molecular complexity index is 258. The van der Waals surface area contributed by atoms with E-state index in [1.807, 2.05) is 4.90 Å². The fraction of sp³-hybridized carbons (Fsp3) is 0.800. The zero-order chi connectivity index (χ0) is 11.2. The van der Waals surface area contributed by atoms with E-state index in [0.29, 0.717) is 39.5 Å². The molecule has 0 aliphatic carbocycles. The SMILES string of the molecule is O=C(/N=C/N1CCOCC1)N1CCOCC1. The van der Waals surface area contributed by atoms with Crippen LogP contribution in [0.3, 0.4) is 0 Å². The summed E-state index contributed by atoms with van der Waals surface area (Å²) in [6, 6.07) is -0.171. The first-order valence-electron chi connectivity index (χ1n) is 5.59. The lowest BCUT2D eigenvalue weighted by Crippen LogP contribution is -2.40. The standard InChI is InChI=1S/C10H17N3O3/c14-10(13-3-7-16-8-4-13)11-9-12-1-5-15-6-2-12/h9H,1-8H2/b11-9+. The van der Waals surface area contributed by atoms with Gasteiger partial charge in [-0.2, -0.15) is 4.99 Å². The fourth-order valence-corrected chi connectivity index (χ4v) is 1.66. The average molecular weight is 227 g/mol. The summed E-state index contributed by atoms with van der Waals surface area (Å²) in [5, 5.41) is 0. The summed E-state index contributed by atoms with van der Waals surface area (Å²) in [6.07, 6.45) is 1.63. The van der Waals surface area contributed by atoms with Crippen LogP contribution in [-0.2, 0) is 9.47 Å². The summed E-state index contributed by atoms with van der Waals surface area (Å²) in [4.78, 5) is 19.3. The summed E-state index contributed by atoms with van der Waals surface area (Å²) in [6.45, 7) is 5.52. The van der Waals surface area contributed by atoms with Gasteiger partial charge in [0.2, 0.25) is 0 Å². The highest BCUT2D eigenvalue weighted by molar-refractivity contribution is 5.83. The van der Waals surface area contributed by atoms with Gasteiger partial charge in [0.15, 0.2) is 0 Å². The Morgan fingerprint density at radius 2 is 1.56 bits per heavy atom. The molecule has 0 radical (unpaired) electrons. The Labute approximate surface area is 94.8 Å². The number of amides is 2. The van der Waals surface area contributed by atoms with E-state index in [9.17, 15) is 4.79 Å². The van der Waals surface area contributed by atoms with Gasteiger partial charge >= 0.3 is 6.03 Å². The van der Waals surface area contributed by atoms with Gasteiger partial charge in [0.25, 0.3) is 0 Å². The quantitative estimate of drug-likeness (QED) is 0.460. The molecule has 2 saturated heterocycles. The first-order chi connectivity index (χ1) is 7.86. The van der Waals surface area contributed by atoms with Gasteiger partial charge in [0, 0.05) is 26.2 Å². The highest BCUT2D eigenvalue weighted by Crippen LogP contribution is 2.00. The van der Waals surface area contributed by atoms with Gasteiger partial charge in [0.05, 0.1) is 32.8 Å². The van der Waals surface area contributed by atoms with Crippen LogP contribution in [0.15, 0.2) is 4.99 Å². The molecule has 2 amide bonds. The van der Waals surface area contributed by atoms with E-state index in [4.69, 9.17) is 9.47 Å². The van der Waals surface area contributed by atoms with Gasteiger partial charge < -0.3 is 19.3 Å². The van der Waals surface area contributed by atoms with Gasteiger partial charge in [-0.25, -0.2) is 4.79 Å². The van der Waals surface area contributed by atoms with E-state index < -0.39 is 0 Å². The zero-order valence-electron chi connectivity index (χ0n) is 9.30. The van der Waals surface area contributed by atoms with E-state index in [1.165, 1.54) is 0 Å². The molecule has 2 heterocycles. The largest absolute Gasteiger partial charge is 0.378 e. The maximum Gasteiger partial charge on any atom is 0.345 e. The predicted molar refractivity (Wildman–Crippen MR) is 58.7 cm³/mol. The normalized spacial score (nSPS) is 22.8. The van der Waals surface area contributed by atoms with Crippen LogP contribution in [0.25, 0.3) is 0 Å². The van der Waals surface area contributed by atoms with Crippen LogP contribution in [0.2, 0.25) is 0 Å². The molecular formula is C10H17N3O3. The Balaban J connectivity index is 1.78. The Kier molecular flexibility index (Phi) is 4.12. The minimum Gasteiger partial charge on any atom is -0.378 e. The number of aliphatic imine (C=N–C) groups is 1. The van der Waals surface area contributed by atoms with Crippen molar-refractivity contribution in [2.45, 2.75) is 0 Å². The second-order valence-corrected chi connectivity index (χ2v) is 3.77. The van der Waals surface area contributed by atoms with Crippen molar-refractivity contribution < 1.29 is 14.3 Å². The van der Waals surface area contributed by atoms with Crippen LogP contribution in [0.4, 0.5) is 4.79 Å². The van der Waals surface area contributed by atoms with Gasteiger partial charge in [-0.3, -0.25) is 0 Å². The summed E-state index contributed by atoms with van der Waals surface area (Å²) >= 11 is 0. The number of urea groups is 1. The summed E-state index contributed by atoms with van der Waals surface area (Å²) in [5.74, 6) is 0. The number of hydrogen-bond donors (Lipinski definition) is 0. The van der Waals surface area contributed by atoms with Gasteiger partial charge in [-0.1, -0.05) is 0 Å². The number of ether oxygens (including phenoxy) is 2. The minimum atomic E-state index is -0.171. The average Bonchev–Trinajstić information content (AvgIpc) is 2.38. The highest BCUT2D eigenvalue weighted by Gasteiger charge is 2.15. The monoisotopic (exact) mass is 227 g/mol. The summed E-state index contributed by atoms with van der Waals surface area (Å²) in [5.41, 5.74) is 0. The number of rotatable bonds is 1. The molecule has 0 aromatic carbocycles. The Morgan fingerprint density at radius 3 is 2.19 bits per heavy atom. The van der Waals surface area contributed by atoms with Crippen molar-refractivity contribution in [3.63, 3.8) is 0 Å². The third-order valence-corrected chi connectivity index (χ3v) is 2.66. The third kappa shape index (κ3) is 3.18. The number of hydrogen-bond acceptors (Lipinski definition) is 3. The molecule has 0 bridgehead atoms. The molecule has 0 unspecified atom stereocenters. The molecule has 0 saturated carbocycles. The first-order valence-corrected chi connectivity index (χ1v) is 5.59. The number of morpholine rings is 2. The van der Waals surface area contributed by atoms with E-state index >= 15 is 0 Å². The van der Waals surface area contributed by atoms with E-state index in [2.05, 4.69) is 4.99 Å². The molecular weight excluding hydrogens is 210 g/mol. The lowest BCUT2D eigenvalue weighted by atomic mass is 10.4.